The fourth-order valence-corrected chi connectivity index (χ4v) is 4.34. The molecule has 0 N–H and O–H groups in total. The molecule has 2 aromatic carbocycles. The number of benzene rings is 2. The van der Waals surface area contributed by atoms with E-state index in [9.17, 15) is 4.39 Å². The molecule has 2 aromatic rings. The Labute approximate surface area is 198 Å². The van der Waals surface area contributed by atoms with Crippen LogP contribution in [0, 0.1) is 23.6 Å². The van der Waals surface area contributed by atoms with Gasteiger partial charge in [-0.15, -0.1) is 0 Å². The molecule has 0 aromatic heterocycles. The molecular formula is C29H34ClFO. The van der Waals surface area contributed by atoms with Gasteiger partial charge < -0.3 is 4.74 Å². The van der Waals surface area contributed by atoms with Crippen molar-refractivity contribution < 1.29 is 9.13 Å². The molecule has 0 saturated heterocycles. The molecule has 170 valence electrons. The summed E-state index contributed by atoms with van der Waals surface area (Å²) in [6.07, 6.45) is 15.6. The maximum Gasteiger partial charge on any atom is 0.140 e. The number of halogens is 2. The highest BCUT2D eigenvalue weighted by Crippen LogP contribution is 2.29. The zero-order valence-corrected chi connectivity index (χ0v) is 19.8. The summed E-state index contributed by atoms with van der Waals surface area (Å²) in [6.45, 7) is 3.06. The average molecular weight is 453 g/mol. The van der Waals surface area contributed by atoms with E-state index < -0.39 is 0 Å². The smallest absolute Gasteiger partial charge is 0.140 e. The van der Waals surface area contributed by atoms with Crippen LogP contribution in [0.5, 0.6) is 0 Å². The van der Waals surface area contributed by atoms with Crippen molar-refractivity contribution in [1.29, 1.82) is 0 Å². The Kier molecular flexibility index (Phi) is 10.3. The second-order valence-corrected chi connectivity index (χ2v) is 9.08. The van der Waals surface area contributed by atoms with Crippen molar-refractivity contribution in [3.05, 3.63) is 82.1 Å². The van der Waals surface area contributed by atoms with Crippen LogP contribution in [0.2, 0.25) is 5.02 Å². The summed E-state index contributed by atoms with van der Waals surface area (Å²) in [4.78, 5) is 0. The highest BCUT2D eigenvalue weighted by molar-refractivity contribution is 6.30. The molecule has 0 aliphatic heterocycles. The lowest BCUT2D eigenvalue weighted by Gasteiger charge is -2.28. The third kappa shape index (κ3) is 8.45. The quantitative estimate of drug-likeness (QED) is 0.212. The van der Waals surface area contributed by atoms with E-state index in [1.807, 2.05) is 12.1 Å². The van der Waals surface area contributed by atoms with E-state index in [-0.39, 0.29) is 5.82 Å². The van der Waals surface area contributed by atoms with Gasteiger partial charge in [-0.3, -0.25) is 0 Å². The van der Waals surface area contributed by atoms with Crippen LogP contribution in [-0.4, -0.2) is 12.7 Å². The van der Waals surface area contributed by atoms with Gasteiger partial charge in [-0.2, -0.15) is 0 Å². The van der Waals surface area contributed by atoms with Crippen molar-refractivity contribution in [2.24, 2.45) is 5.92 Å². The molecule has 1 saturated carbocycles. The van der Waals surface area contributed by atoms with E-state index in [1.165, 1.54) is 43.7 Å². The van der Waals surface area contributed by atoms with Gasteiger partial charge in [0.2, 0.25) is 0 Å². The van der Waals surface area contributed by atoms with E-state index in [2.05, 4.69) is 43.0 Å². The lowest BCUT2D eigenvalue weighted by molar-refractivity contribution is 0.0164. The second kappa shape index (κ2) is 13.5. The van der Waals surface area contributed by atoms with E-state index >= 15 is 0 Å². The van der Waals surface area contributed by atoms with Crippen LogP contribution in [0.3, 0.4) is 0 Å². The Bertz CT molecular complexity index is 914. The lowest BCUT2D eigenvalue weighted by Crippen LogP contribution is -2.22. The molecule has 1 fully saturated rings. The van der Waals surface area contributed by atoms with Gasteiger partial charge in [-0.25, -0.2) is 4.39 Å². The molecule has 32 heavy (non-hydrogen) atoms. The summed E-state index contributed by atoms with van der Waals surface area (Å²) >= 11 is 5.79. The highest BCUT2D eigenvalue weighted by atomic mass is 35.5. The molecule has 0 spiro atoms. The largest absolute Gasteiger partial charge is 0.378 e. The molecule has 0 heterocycles. The number of hydrogen-bond acceptors (Lipinski definition) is 1. The van der Waals surface area contributed by atoms with Gasteiger partial charge in [-0.1, -0.05) is 54.7 Å². The second-order valence-electron chi connectivity index (χ2n) is 8.65. The first-order valence-corrected chi connectivity index (χ1v) is 12.3. The summed E-state index contributed by atoms with van der Waals surface area (Å²) in [7, 11) is 0. The summed E-state index contributed by atoms with van der Waals surface area (Å²) in [5, 5.41) is 0.383. The standard InChI is InChI=1S/C29H34ClFO/c1-2-3-4-5-6-21-32-28-19-14-25(15-20-28)12-9-23-7-10-24(11-8-23)13-16-26-17-18-27(30)22-29(26)31/h3-4,7-8,10-11,17-18,22,25,28H,2,5-6,9,12,14-15,19-21H2,1H3/b4-3+. The average Bonchev–Trinajstić information content (AvgIpc) is 2.81. The predicted molar refractivity (Wildman–Crippen MR) is 133 cm³/mol. The molecule has 1 aliphatic carbocycles. The number of allylic oxidation sites excluding steroid dienone is 2. The molecule has 1 aliphatic rings. The van der Waals surface area contributed by atoms with Crippen LogP contribution in [0.4, 0.5) is 4.39 Å². The van der Waals surface area contributed by atoms with Crippen LogP contribution in [0.25, 0.3) is 0 Å². The van der Waals surface area contributed by atoms with Crippen molar-refractivity contribution in [3.8, 4) is 11.8 Å². The van der Waals surface area contributed by atoms with Gasteiger partial charge in [-0.05, 0) is 99.6 Å². The zero-order valence-electron chi connectivity index (χ0n) is 19.1. The van der Waals surface area contributed by atoms with Crippen LogP contribution in [0.15, 0.2) is 54.6 Å². The topological polar surface area (TPSA) is 9.23 Å². The minimum absolute atomic E-state index is 0.367. The number of unbranched alkanes of at least 4 members (excludes halogenated alkanes) is 1. The molecule has 0 unspecified atom stereocenters. The van der Waals surface area contributed by atoms with Crippen LogP contribution < -0.4 is 0 Å². The lowest BCUT2D eigenvalue weighted by atomic mass is 9.83. The maximum absolute atomic E-state index is 13.8. The van der Waals surface area contributed by atoms with Crippen molar-refractivity contribution in [2.45, 2.75) is 70.8 Å². The summed E-state index contributed by atoms with van der Waals surface area (Å²) in [6, 6.07) is 12.9. The van der Waals surface area contributed by atoms with E-state index in [1.54, 1.807) is 12.1 Å². The number of hydrogen-bond donors (Lipinski definition) is 0. The first-order valence-electron chi connectivity index (χ1n) is 12.0. The molecule has 0 radical (unpaired) electrons. The van der Waals surface area contributed by atoms with Gasteiger partial charge in [0.05, 0.1) is 11.7 Å². The van der Waals surface area contributed by atoms with E-state index in [0.717, 1.165) is 43.8 Å². The Morgan fingerprint density at radius 1 is 1.03 bits per heavy atom. The molecule has 1 nitrogen and oxygen atoms in total. The summed E-state index contributed by atoms with van der Waals surface area (Å²) in [5.74, 6) is 6.35. The van der Waals surface area contributed by atoms with Gasteiger partial charge in [0.25, 0.3) is 0 Å². The maximum atomic E-state index is 13.8. The Hall–Kier alpha value is -2.08. The van der Waals surface area contributed by atoms with Gasteiger partial charge >= 0.3 is 0 Å². The first-order chi connectivity index (χ1) is 15.6. The molecule has 0 bridgehead atoms. The third-order valence-corrected chi connectivity index (χ3v) is 6.37. The Balaban J connectivity index is 1.36. The van der Waals surface area contributed by atoms with Crippen molar-refractivity contribution in [2.75, 3.05) is 6.61 Å². The van der Waals surface area contributed by atoms with Crippen molar-refractivity contribution in [3.63, 3.8) is 0 Å². The molecule has 0 atom stereocenters. The number of aryl methyl sites for hydroxylation is 1. The number of rotatable bonds is 9. The first kappa shape index (κ1) is 24.6. The van der Waals surface area contributed by atoms with E-state index in [4.69, 9.17) is 16.3 Å². The van der Waals surface area contributed by atoms with Gasteiger partial charge in [0.1, 0.15) is 5.82 Å². The predicted octanol–water partition coefficient (Wildman–Crippen LogP) is 8.13. The Morgan fingerprint density at radius 3 is 2.53 bits per heavy atom. The van der Waals surface area contributed by atoms with Crippen LogP contribution in [0.1, 0.15) is 75.0 Å². The van der Waals surface area contributed by atoms with Crippen LogP contribution in [-0.2, 0) is 11.2 Å². The highest BCUT2D eigenvalue weighted by Gasteiger charge is 2.21. The monoisotopic (exact) mass is 452 g/mol. The summed E-state index contributed by atoms with van der Waals surface area (Å²) < 4.78 is 19.9. The van der Waals surface area contributed by atoms with Gasteiger partial charge in [0.15, 0.2) is 0 Å². The third-order valence-electron chi connectivity index (χ3n) is 6.13. The van der Waals surface area contributed by atoms with Crippen molar-refractivity contribution >= 4 is 11.6 Å². The van der Waals surface area contributed by atoms with Crippen molar-refractivity contribution in [1.82, 2.24) is 0 Å². The molecule has 3 heteroatoms. The SMILES string of the molecule is CC/C=C/CCCOC1CCC(CCc2ccc(C#Cc3ccc(Cl)cc3F)cc2)CC1. The number of ether oxygens (including phenoxy) is 1. The van der Waals surface area contributed by atoms with Crippen LogP contribution >= 0.6 is 11.6 Å². The minimum atomic E-state index is -0.383. The minimum Gasteiger partial charge on any atom is -0.378 e. The molecule has 0 amide bonds. The normalized spacial score (nSPS) is 18.5. The summed E-state index contributed by atoms with van der Waals surface area (Å²) in [5.41, 5.74) is 2.60. The Morgan fingerprint density at radius 2 is 1.81 bits per heavy atom. The zero-order chi connectivity index (χ0) is 22.6. The molecular weight excluding hydrogens is 419 g/mol. The van der Waals surface area contributed by atoms with E-state index in [0.29, 0.717) is 16.7 Å². The molecule has 3 rings (SSSR count). The van der Waals surface area contributed by atoms with Gasteiger partial charge in [0, 0.05) is 17.2 Å². The fraction of sp³-hybridized carbons (Fsp3) is 0.448. The fourth-order valence-electron chi connectivity index (χ4n) is 4.18.